The standard InChI is InChI=1S/C18H19N9O5S3/c1-32-26-9(8-5-34-17(21)23-8)13(28)24-10-14(29)27-11(16(30)31)6(3-33-15(10)27)4-35-18-22-2-7(19)12(20)25-18/h2,5,10,15H,3-4,19H2,1H3,(H2,21,23)(H,24,28)(H,30,31)(H2,20,22,25)/t10-,15+/m1/s1. The molecule has 17 heteroatoms. The number of aliphatic carboxylic acids is 1. The van der Waals surface area contributed by atoms with E-state index in [0.29, 0.717) is 16.5 Å². The van der Waals surface area contributed by atoms with E-state index in [2.05, 4.69) is 25.4 Å². The van der Waals surface area contributed by atoms with Gasteiger partial charge in [0.1, 0.15) is 29.9 Å². The van der Waals surface area contributed by atoms with Crippen LogP contribution in [-0.2, 0) is 19.2 Å². The van der Waals surface area contributed by atoms with E-state index in [1.807, 2.05) is 0 Å². The number of carboxylic acids is 1. The number of thioether (sulfide) groups is 2. The summed E-state index contributed by atoms with van der Waals surface area (Å²) in [5.41, 5.74) is 17.6. The highest BCUT2D eigenvalue weighted by atomic mass is 32.2. The molecule has 14 nitrogen and oxygen atoms in total. The molecule has 2 aliphatic rings. The summed E-state index contributed by atoms with van der Waals surface area (Å²) in [6.45, 7) is 0. The Bertz CT molecular complexity index is 1260. The quantitative estimate of drug-likeness (QED) is 0.0947. The Labute approximate surface area is 210 Å². The highest BCUT2D eigenvalue weighted by molar-refractivity contribution is 8.01. The van der Waals surface area contributed by atoms with Crippen LogP contribution in [0.2, 0.25) is 0 Å². The first-order chi connectivity index (χ1) is 16.7. The number of nitrogens with one attached hydrogen (secondary N) is 1. The minimum Gasteiger partial charge on any atom is -0.477 e. The first-order valence-electron chi connectivity index (χ1n) is 9.75. The van der Waals surface area contributed by atoms with Gasteiger partial charge in [0, 0.05) is 16.9 Å². The molecule has 0 spiro atoms. The molecule has 1 fully saturated rings. The van der Waals surface area contributed by atoms with Crippen molar-refractivity contribution in [3.63, 3.8) is 0 Å². The number of carboxylic acid groups (broad SMARTS) is 1. The first-order valence-corrected chi connectivity index (χ1v) is 12.7. The molecule has 0 radical (unpaired) electrons. The number of nitrogens with two attached hydrogens (primary N) is 3. The maximum absolute atomic E-state index is 12.9. The van der Waals surface area contributed by atoms with Gasteiger partial charge in [-0.15, -0.1) is 23.1 Å². The van der Waals surface area contributed by atoms with Crippen molar-refractivity contribution in [3.05, 3.63) is 28.5 Å². The third-order valence-electron chi connectivity index (χ3n) is 4.90. The molecule has 2 amide bonds. The molecular formula is C18H19N9O5S3. The summed E-state index contributed by atoms with van der Waals surface area (Å²) in [5, 5.41) is 17.6. The van der Waals surface area contributed by atoms with Crippen LogP contribution in [0.3, 0.4) is 0 Å². The van der Waals surface area contributed by atoms with Crippen LogP contribution in [0, 0.1) is 0 Å². The average Bonchev–Trinajstić information content (AvgIpc) is 3.26. The molecule has 0 unspecified atom stereocenters. The Balaban J connectivity index is 1.49. The topological polar surface area (TPSA) is 225 Å². The van der Waals surface area contributed by atoms with Crippen molar-refractivity contribution in [2.45, 2.75) is 16.6 Å². The normalized spacial score (nSPS) is 19.7. The molecule has 0 bridgehead atoms. The number of carbonyl (C=O) groups is 3. The summed E-state index contributed by atoms with van der Waals surface area (Å²) in [6.07, 6.45) is 1.37. The van der Waals surface area contributed by atoms with Crippen molar-refractivity contribution in [1.29, 1.82) is 0 Å². The lowest BCUT2D eigenvalue weighted by atomic mass is 10.0. The minimum absolute atomic E-state index is 0.126. The lowest BCUT2D eigenvalue weighted by Crippen LogP contribution is -2.71. The molecule has 0 aromatic carbocycles. The molecule has 4 heterocycles. The Kier molecular flexibility index (Phi) is 6.99. The van der Waals surface area contributed by atoms with E-state index >= 15 is 0 Å². The third kappa shape index (κ3) is 4.82. The lowest BCUT2D eigenvalue weighted by Gasteiger charge is -2.49. The predicted octanol–water partition coefficient (Wildman–Crippen LogP) is -0.439. The van der Waals surface area contributed by atoms with Gasteiger partial charge in [-0.1, -0.05) is 16.9 Å². The highest BCUT2D eigenvalue weighted by Gasteiger charge is 2.54. The van der Waals surface area contributed by atoms with Gasteiger partial charge in [-0.2, -0.15) is 0 Å². The molecule has 2 aromatic heterocycles. The van der Waals surface area contributed by atoms with Crippen molar-refractivity contribution < 1.29 is 24.3 Å². The zero-order chi connectivity index (χ0) is 25.3. The van der Waals surface area contributed by atoms with Crippen LogP contribution in [0.25, 0.3) is 0 Å². The Morgan fingerprint density at radius 3 is 2.77 bits per heavy atom. The largest absolute Gasteiger partial charge is 0.477 e. The zero-order valence-electron chi connectivity index (χ0n) is 18.0. The van der Waals surface area contributed by atoms with Crippen LogP contribution in [-0.4, -0.2) is 78.5 Å². The Hall–Kier alpha value is -3.57. The fourth-order valence-corrected chi connectivity index (χ4v) is 6.16. The molecule has 2 aliphatic heterocycles. The molecule has 4 rings (SSSR count). The van der Waals surface area contributed by atoms with E-state index < -0.39 is 29.2 Å². The number of nitrogens with zero attached hydrogens (tertiary/aromatic N) is 5. The molecule has 0 aliphatic carbocycles. The number of thiazole rings is 1. The fraction of sp³-hybridized carbons (Fsp3) is 0.278. The van der Waals surface area contributed by atoms with E-state index in [1.54, 1.807) is 0 Å². The summed E-state index contributed by atoms with van der Waals surface area (Å²) in [4.78, 5) is 55.8. The molecular weight excluding hydrogens is 518 g/mol. The van der Waals surface area contributed by atoms with Gasteiger partial charge >= 0.3 is 5.97 Å². The van der Waals surface area contributed by atoms with E-state index in [1.165, 1.54) is 47.1 Å². The summed E-state index contributed by atoms with van der Waals surface area (Å²) in [7, 11) is 1.27. The molecule has 1 saturated heterocycles. The Morgan fingerprint density at radius 2 is 2.14 bits per heavy atom. The number of hydrogen-bond donors (Lipinski definition) is 5. The second-order valence-electron chi connectivity index (χ2n) is 7.09. The number of β-lactam (4-membered cyclic amide) rings is 1. The molecule has 2 aromatic rings. The van der Waals surface area contributed by atoms with Crippen LogP contribution in [0.4, 0.5) is 16.6 Å². The van der Waals surface area contributed by atoms with Crippen molar-refractivity contribution in [2.75, 3.05) is 35.8 Å². The van der Waals surface area contributed by atoms with E-state index in [0.717, 1.165) is 11.3 Å². The van der Waals surface area contributed by atoms with Crippen LogP contribution in [0.15, 0.2) is 33.2 Å². The summed E-state index contributed by atoms with van der Waals surface area (Å²) >= 11 is 3.62. The number of fused-ring (bicyclic) bond motifs is 1. The number of anilines is 3. The second kappa shape index (κ2) is 9.96. The van der Waals surface area contributed by atoms with Gasteiger partial charge in [0.25, 0.3) is 11.8 Å². The maximum Gasteiger partial charge on any atom is 0.352 e. The van der Waals surface area contributed by atoms with Gasteiger partial charge in [-0.25, -0.2) is 19.7 Å². The molecule has 8 N–H and O–H groups in total. The van der Waals surface area contributed by atoms with Crippen molar-refractivity contribution in [2.24, 2.45) is 5.16 Å². The van der Waals surface area contributed by atoms with Crippen molar-refractivity contribution in [1.82, 2.24) is 25.2 Å². The number of amides is 2. The van der Waals surface area contributed by atoms with E-state index in [4.69, 9.17) is 22.0 Å². The number of hydrogen-bond acceptors (Lipinski definition) is 14. The number of aromatic nitrogens is 3. The number of nitrogen functional groups attached to an aromatic ring is 3. The Morgan fingerprint density at radius 1 is 1.37 bits per heavy atom. The van der Waals surface area contributed by atoms with Crippen LogP contribution in [0.5, 0.6) is 0 Å². The van der Waals surface area contributed by atoms with Crippen LogP contribution < -0.4 is 22.5 Å². The molecule has 2 atom stereocenters. The number of oxime groups is 1. The van der Waals surface area contributed by atoms with Crippen LogP contribution in [0.1, 0.15) is 5.69 Å². The lowest BCUT2D eigenvalue weighted by molar-refractivity contribution is -0.150. The average molecular weight is 538 g/mol. The van der Waals surface area contributed by atoms with Gasteiger partial charge in [-0.3, -0.25) is 14.5 Å². The fourth-order valence-electron chi connectivity index (χ4n) is 3.30. The van der Waals surface area contributed by atoms with Crippen molar-refractivity contribution in [3.8, 4) is 0 Å². The number of carbonyl (C=O) groups excluding carboxylic acids is 2. The second-order valence-corrected chi connectivity index (χ2v) is 10.0. The zero-order valence-corrected chi connectivity index (χ0v) is 20.4. The SMILES string of the molecule is CON=C(C(=O)N[C@@H]1C(=O)N2C(C(=O)O)=C(CSc3ncc(N)c(N)n3)CS[C@@H]12)c1csc(N)n1. The van der Waals surface area contributed by atoms with Gasteiger partial charge in [0.15, 0.2) is 21.8 Å². The van der Waals surface area contributed by atoms with Gasteiger partial charge in [-0.05, 0) is 5.57 Å². The number of rotatable bonds is 8. The van der Waals surface area contributed by atoms with Gasteiger partial charge < -0.3 is 32.5 Å². The third-order valence-corrected chi connectivity index (χ3v) is 7.86. The van der Waals surface area contributed by atoms with E-state index in [9.17, 15) is 19.5 Å². The van der Waals surface area contributed by atoms with E-state index in [-0.39, 0.29) is 39.5 Å². The predicted molar refractivity (Wildman–Crippen MR) is 131 cm³/mol. The monoisotopic (exact) mass is 537 g/mol. The summed E-state index contributed by atoms with van der Waals surface area (Å²) < 4.78 is 0. The molecule has 35 heavy (non-hydrogen) atoms. The smallest absolute Gasteiger partial charge is 0.352 e. The van der Waals surface area contributed by atoms with Crippen LogP contribution >= 0.6 is 34.9 Å². The van der Waals surface area contributed by atoms with Gasteiger partial charge in [0.2, 0.25) is 0 Å². The van der Waals surface area contributed by atoms with Gasteiger partial charge in [0.05, 0.1) is 11.9 Å². The molecule has 184 valence electrons. The summed E-state index contributed by atoms with van der Waals surface area (Å²) in [6, 6.07) is -0.950. The molecule has 0 saturated carbocycles. The summed E-state index contributed by atoms with van der Waals surface area (Å²) in [5.74, 6) is -1.83. The minimum atomic E-state index is -1.25. The van der Waals surface area contributed by atoms with Crippen molar-refractivity contribution >= 4 is 75.0 Å². The maximum atomic E-state index is 12.9. The highest BCUT2D eigenvalue weighted by Crippen LogP contribution is 2.41. The first kappa shape index (κ1) is 24.6.